The minimum atomic E-state index is -0.368. The van der Waals surface area contributed by atoms with Crippen molar-refractivity contribution in [3.05, 3.63) is 34.9 Å². The van der Waals surface area contributed by atoms with Crippen molar-refractivity contribution < 1.29 is 8.78 Å². The van der Waals surface area contributed by atoms with Gasteiger partial charge in [0.05, 0.1) is 0 Å². The molecule has 0 saturated heterocycles. The fourth-order valence-corrected chi connectivity index (χ4v) is 1.77. The molecule has 1 aromatic rings. The molecule has 0 fully saturated rings. The highest BCUT2D eigenvalue weighted by atomic mass is 19.1. The second-order valence-electron chi connectivity index (χ2n) is 4.46. The van der Waals surface area contributed by atoms with E-state index in [0.29, 0.717) is 11.1 Å². The Balaban J connectivity index is 2.54. The van der Waals surface area contributed by atoms with Crippen LogP contribution in [0.3, 0.4) is 0 Å². The first kappa shape index (κ1) is 14.7. The molecule has 1 rings (SSSR count). The van der Waals surface area contributed by atoms with E-state index < -0.39 is 0 Å². The second-order valence-corrected chi connectivity index (χ2v) is 4.46. The average Bonchev–Trinajstić information content (AvgIpc) is 2.33. The van der Waals surface area contributed by atoms with E-state index in [9.17, 15) is 8.78 Å². The van der Waals surface area contributed by atoms with Gasteiger partial charge in [-0.15, -0.1) is 12.3 Å². The Bertz CT molecular complexity index is 435. The first-order valence-corrected chi connectivity index (χ1v) is 6.18. The molecule has 0 aliphatic rings. The molecule has 1 atom stereocenters. The Kier molecular flexibility index (Phi) is 5.80. The minimum absolute atomic E-state index is 0.203. The molecule has 1 N–H and O–H groups in total. The molecule has 1 nitrogen and oxygen atoms in total. The second kappa shape index (κ2) is 7.13. The third-order valence-electron chi connectivity index (χ3n) is 2.94. The van der Waals surface area contributed by atoms with Crippen molar-refractivity contribution in [3.8, 4) is 12.3 Å². The Morgan fingerprint density at radius 2 is 2.00 bits per heavy atom. The highest BCUT2D eigenvalue weighted by Crippen LogP contribution is 2.20. The van der Waals surface area contributed by atoms with Crippen LogP contribution >= 0.6 is 0 Å². The van der Waals surface area contributed by atoms with E-state index in [1.54, 1.807) is 6.92 Å². The number of terminal acetylenes is 1. The van der Waals surface area contributed by atoms with Gasteiger partial charge in [-0.2, -0.15) is 0 Å². The number of nitrogens with one attached hydrogen (secondary N) is 1. The number of rotatable bonds is 6. The van der Waals surface area contributed by atoms with Gasteiger partial charge in [0.1, 0.15) is 11.6 Å². The summed E-state index contributed by atoms with van der Waals surface area (Å²) in [6.07, 6.45) is 7.78. The van der Waals surface area contributed by atoms with E-state index in [4.69, 9.17) is 6.42 Å². The maximum absolute atomic E-state index is 13.7. The fourth-order valence-electron chi connectivity index (χ4n) is 1.77. The topological polar surface area (TPSA) is 12.0 Å². The molecule has 0 bridgehead atoms. The van der Waals surface area contributed by atoms with Crippen molar-refractivity contribution in [2.75, 3.05) is 6.54 Å². The summed E-state index contributed by atoms with van der Waals surface area (Å²) < 4.78 is 27.1. The van der Waals surface area contributed by atoms with Crippen LogP contribution in [-0.4, -0.2) is 6.54 Å². The zero-order valence-electron chi connectivity index (χ0n) is 10.9. The smallest absolute Gasteiger partial charge is 0.128 e. The highest BCUT2D eigenvalue weighted by molar-refractivity contribution is 5.27. The van der Waals surface area contributed by atoms with E-state index in [2.05, 4.69) is 11.2 Å². The molecule has 0 aliphatic heterocycles. The number of hydrogen-bond acceptors (Lipinski definition) is 1. The molecule has 0 radical (unpaired) electrons. The van der Waals surface area contributed by atoms with Gasteiger partial charge in [0.15, 0.2) is 0 Å². The summed E-state index contributed by atoms with van der Waals surface area (Å²) in [6.45, 7) is 4.13. The van der Waals surface area contributed by atoms with Crippen LogP contribution < -0.4 is 5.32 Å². The molecular weight excluding hydrogens is 232 g/mol. The number of halogens is 2. The quantitative estimate of drug-likeness (QED) is 0.600. The van der Waals surface area contributed by atoms with Gasteiger partial charge in [-0.3, -0.25) is 0 Å². The lowest BCUT2D eigenvalue weighted by molar-refractivity contribution is 0.507. The van der Waals surface area contributed by atoms with Crippen LogP contribution in [0.5, 0.6) is 0 Å². The normalized spacial score (nSPS) is 12.2. The van der Waals surface area contributed by atoms with Crippen molar-refractivity contribution in [1.82, 2.24) is 5.32 Å². The Morgan fingerprint density at radius 1 is 1.28 bits per heavy atom. The number of unbranched alkanes of at least 4 members (excludes halogenated alkanes) is 2. The van der Waals surface area contributed by atoms with Crippen molar-refractivity contribution >= 4 is 0 Å². The molecule has 1 aromatic carbocycles. The van der Waals surface area contributed by atoms with Gasteiger partial charge in [-0.05, 0) is 50.9 Å². The lowest BCUT2D eigenvalue weighted by atomic mass is 10.0. The zero-order valence-corrected chi connectivity index (χ0v) is 10.9. The monoisotopic (exact) mass is 251 g/mol. The predicted octanol–water partition coefficient (Wildman–Crippen LogP) is 3.73. The summed E-state index contributed by atoms with van der Waals surface area (Å²) in [7, 11) is 0. The molecule has 98 valence electrons. The molecule has 0 spiro atoms. The minimum Gasteiger partial charge on any atom is -0.310 e. The standard InChI is InChI=1S/C15H19F2N/c1-4-5-6-7-8-18-12(3)13-10-14(16)11(2)9-15(13)17/h1,9-10,12,18H,5-8H2,2-3H3. The third-order valence-corrected chi connectivity index (χ3v) is 2.94. The summed E-state index contributed by atoms with van der Waals surface area (Å²) in [5, 5.41) is 3.17. The zero-order chi connectivity index (χ0) is 13.5. The van der Waals surface area contributed by atoms with Crippen LogP contribution in [0.2, 0.25) is 0 Å². The van der Waals surface area contributed by atoms with Crippen molar-refractivity contribution in [3.63, 3.8) is 0 Å². The van der Waals surface area contributed by atoms with Crippen LogP contribution in [-0.2, 0) is 0 Å². The van der Waals surface area contributed by atoms with E-state index in [0.717, 1.165) is 25.8 Å². The Hall–Kier alpha value is -1.40. The van der Waals surface area contributed by atoms with Gasteiger partial charge in [0.25, 0.3) is 0 Å². The SMILES string of the molecule is C#CCCCCNC(C)c1cc(F)c(C)cc1F. The van der Waals surface area contributed by atoms with Crippen molar-refractivity contribution in [1.29, 1.82) is 0 Å². The molecule has 1 unspecified atom stereocenters. The molecule has 0 heterocycles. The van der Waals surface area contributed by atoms with E-state index in [1.807, 2.05) is 6.92 Å². The first-order valence-electron chi connectivity index (χ1n) is 6.18. The average molecular weight is 251 g/mol. The Morgan fingerprint density at radius 3 is 2.67 bits per heavy atom. The van der Waals surface area contributed by atoms with Crippen molar-refractivity contribution in [2.24, 2.45) is 0 Å². The predicted molar refractivity (Wildman–Crippen MR) is 70.2 cm³/mol. The van der Waals surface area contributed by atoms with Crippen LogP contribution in [0.1, 0.15) is 43.4 Å². The van der Waals surface area contributed by atoms with Gasteiger partial charge in [-0.1, -0.05) is 0 Å². The number of aryl methyl sites for hydroxylation is 1. The van der Waals surface area contributed by atoms with Gasteiger partial charge >= 0.3 is 0 Å². The Labute approximate surface area is 108 Å². The van der Waals surface area contributed by atoms with Crippen LogP contribution in [0, 0.1) is 30.9 Å². The lowest BCUT2D eigenvalue weighted by Gasteiger charge is -2.15. The molecule has 3 heteroatoms. The maximum atomic E-state index is 13.7. The summed E-state index contributed by atoms with van der Waals surface area (Å²) in [4.78, 5) is 0. The van der Waals surface area contributed by atoms with E-state index in [-0.39, 0.29) is 17.7 Å². The molecule has 0 aliphatic carbocycles. The molecule has 18 heavy (non-hydrogen) atoms. The number of hydrogen-bond donors (Lipinski definition) is 1. The van der Waals surface area contributed by atoms with Gasteiger partial charge < -0.3 is 5.32 Å². The van der Waals surface area contributed by atoms with Gasteiger partial charge in [-0.25, -0.2) is 8.78 Å². The number of benzene rings is 1. The van der Waals surface area contributed by atoms with E-state index in [1.165, 1.54) is 12.1 Å². The summed E-state index contributed by atoms with van der Waals surface area (Å²) >= 11 is 0. The molecule has 0 saturated carbocycles. The third kappa shape index (κ3) is 4.12. The molecule has 0 amide bonds. The largest absolute Gasteiger partial charge is 0.310 e. The van der Waals surface area contributed by atoms with Crippen LogP contribution in [0.25, 0.3) is 0 Å². The first-order chi connectivity index (χ1) is 8.56. The lowest BCUT2D eigenvalue weighted by Crippen LogP contribution is -2.21. The molecular formula is C15H19F2N. The van der Waals surface area contributed by atoms with Gasteiger partial charge in [0.2, 0.25) is 0 Å². The van der Waals surface area contributed by atoms with Gasteiger partial charge in [0, 0.05) is 18.0 Å². The summed E-state index contributed by atoms with van der Waals surface area (Å²) in [5.74, 6) is 1.84. The maximum Gasteiger partial charge on any atom is 0.128 e. The van der Waals surface area contributed by atoms with E-state index >= 15 is 0 Å². The molecule has 0 aromatic heterocycles. The fraction of sp³-hybridized carbons (Fsp3) is 0.467. The summed E-state index contributed by atoms with van der Waals surface area (Å²) in [6, 6.07) is 2.30. The van der Waals surface area contributed by atoms with Crippen LogP contribution in [0.15, 0.2) is 12.1 Å². The highest BCUT2D eigenvalue weighted by Gasteiger charge is 2.13. The summed E-state index contributed by atoms with van der Waals surface area (Å²) in [5.41, 5.74) is 0.701. The van der Waals surface area contributed by atoms with Crippen molar-refractivity contribution in [2.45, 2.75) is 39.2 Å². The van der Waals surface area contributed by atoms with Crippen LogP contribution in [0.4, 0.5) is 8.78 Å².